The second kappa shape index (κ2) is 13.2. The van der Waals surface area contributed by atoms with E-state index in [9.17, 15) is 22.0 Å². The molecule has 9 nitrogen and oxygen atoms in total. The van der Waals surface area contributed by atoms with Crippen LogP contribution in [0.4, 0.5) is 8.78 Å². The lowest BCUT2D eigenvalue weighted by atomic mass is 9.96. The average Bonchev–Trinajstić information content (AvgIpc) is 3.52. The number of amides is 1. The third-order valence-electron chi connectivity index (χ3n) is 7.36. The van der Waals surface area contributed by atoms with Crippen LogP contribution in [0.2, 0.25) is 0 Å². The molecule has 1 aliphatic rings. The summed E-state index contributed by atoms with van der Waals surface area (Å²) in [7, 11) is -3.98. The molecule has 1 N–H and O–H groups in total. The van der Waals surface area contributed by atoms with Crippen molar-refractivity contribution in [3.63, 3.8) is 0 Å². The molecule has 3 aromatic carbocycles. The van der Waals surface area contributed by atoms with E-state index in [0.717, 1.165) is 41.4 Å². The predicted molar refractivity (Wildman–Crippen MR) is 157 cm³/mol. The van der Waals surface area contributed by atoms with Crippen molar-refractivity contribution in [1.29, 1.82) is 0 Å². The van der Waals surface area contributed by atoms with Crippen molar-refractivity contribution >= 4 is 15.9 Å². The van der Waals surface area contributed by atoms with E-state index < -0.39 is 15.9 Å². The summed E-state index contributed by atoms with van der Waals surface area (Å²) < 4.78 is 54.2. The third kappa shape index (κ3) is 7.14. The van der Waals surface area contributed by atoms with E-state index in [0.29, 0.717) is 18.7 Å². The van der Waals surface area contributed by atoms with E-state index in [-0.39, 0.29) is 34.7 Å². The van der Waals surface area contributed by atoms with Gasteiger partial charge in [0, 0.05) is 44.7 Å². The van der Waals surface area contributed by atoms with Gasteiger partial charge in [0.1, 0.15) is 11.6 Å². The van der Waals surface area contributed by atoms with Gasteiger partial charge >= 0.3 is 0 Å². The number of hydrogen-bond donors (Lipinski definition) is 1. The minimum Gasteiger partial charge on any atom is -0.341 e. The zero-order chi connectivity index (χ0) is 30.4. The summed E-state index contributed by atoms with van der Waals surface area (Å²) in [6, 6.07) is 18.2. The number of carbonyl (C=O) groups is 1. The molecule has 1 saturated heterocycles. The first kappa shape index (κ1) is 30.0. The maximum atomic E-state index is 13.6. The molecule has 5 rings (SSSR count). The summed E-state index contributed by atoms with van der Waals surface area (Å²) >= 11 is 0. The molecule has 222 valence electrons. The highest BCUT2D eigenvalue weighted by molar-refractivity contribution is 7.89. The van der Waals surface area contributed by atoms with Gasteiger partial charge in [-0.3, -0.25) is 9.69 Å². The SMILES string of the molecule is C#CCNC(=O)c1ccc(S(=O)(=O)n2cc(CCN3CCN(C(c4ccc(F)cc4)c4ccc(F)cc4)CC3)nn2)cc1. The lowest BCUT2D eigenvalue weighted by molar-refractivity contribution is 0.0958. The highest BCUT2D eigenvalue weighted by Gasteiger charge is 2.27. The third-order valence-corrected chi connectivity index (χ3v) is 8.90. The maximum absolute atomic E-state index is 13.6. The van der Waals surface area contributed by atoms with Gasteiger partial charge in [-0.1, -0.05) is 35.4 Å². The monoisotopic (exact) mass is 604 g/mol. The summed E-state index contributed by atoms with van der Waals surface area (Å²) in [6.45, 7) is 3.71. The number of nitrogens with zero attached hydrogens (tertiary/aromatic N) is 5. The Bertz CT molecular complexity index is 1650. The molecule has 0 aliphatic carbocycles. The Hall–Kier alpha value is -4.44. The standard InChI is InChI=1S/C31H30F2N6O3S/c1-2-16-34-31(40)25-7-13-29(14-8-25)43(41,42)39-22-28(35-36-39)15-17-37-18-20-38(21-19-37)30(23-3-9-26(32)10-4-23)24-5-11-27(33)12-6-24/h1,3-14,22,30H,15-21H2,(H,34,40). The molecule has 0 bridgehead atoms. The first-order valence-corrected chi connectivity index (χ1v) is 15.1. The van der Waals surface area contributed by atoms with Crippen LogP contribution in [-0.2, 0) is 16.4 Å². The first-order valence-electron chi connectivity index (χ1n) is 13.7. The van der Waals surface area contributed by atoms with Crippen molar-refractivity contribution in [2.45, 2.75) is 17.4 Å². The van der Waals surface area contributed by atoms with Crippen LogP contribution >= 0.6 is 0 Å². The minimum absolute atomic E-state index is 0.0227. The summed E-state index contributed by atoms with van der Waals surface area (Å²) in [4.78, 5) is 16.6. The van der Waals surface area contributed by atoms with E-state index >= 15 is 0 Å². The zero-order valence-electron chi connectivity index (χ0n) is 23.2. The minimum atomic E-state index is -3.98. The van der Waals surface area contributed by atoms with E-state index in [2.05, 4.69) is 31.3 Å². The van der Waals surface area contributed by atoms with Gasteiger partial charge in [0.15, 0.2) is 0 Å². The molecule has 0 atom stereocenters. The van der Waals surface area contributed by atoms with Crippen LogP contribution in [0.5, 0.6) is 0 Å². The number of piperazine rings is 1. The van der Waals surface area contributed by atoms with Crippen LogP contribution < -0.4 is 5.32 Å². The number of carbonyl (C=O) groups excluding carboxylic acids is 1. The number of rotatable bonds is 10. The maximum Gasteiger partial charge on any atom is 0.284 e. The fraction of sp³-hybridized carbons (Fsp3) is 0.258. The Labute approximate surface area is 249 Å². The molecule has 4 aromatic rings. The molecule has 1 amide bonds. The number of halogens is 2. The molecule has 0 saturated carbocycles. The Morgan fingerprint density at radius 2 is 1.49 bits per heavy atom. The van der Waals surface area contributed by atoms with Gasteiger partial charge in [0.2, 0.25) is 0 Å². The predicted octanol–water partition coefficient (Wildman–Crippen LogP) is 3.11. The molecule has 0 radical (unpaired) electrons. The second-order valence-corrected chi connectivity index (χ2v) is 11.9. The molecule has 0 spiro atoms. The van der Waals surface area contributed by atoms with E-state index in [1.54, 1.807) is 24.3 Å². The van der Waals surface area contributed by atoms with Crippen molar-refractivity contribution in [2.24, 2.45) is 0 Å². The van der Waals surface area contributed by atoms with E-state index in [1.165, 1.54) is 54.7 Å². The van der Waals surface area contributed by atoms with Gasteiger partial charge in [-0.25, -0.2) is 8.78 Å². The van der Waals surface area contributed by atoms with Crippen LogP contribution in [0.3, 0.4) is 0 Å². The largest absolute Gasteiger partial charge is 0.341 e. The number of terminal acetylenes is 1. The van der Waals surface area contributed by atoms with Crippen LogP contribution in [0.15, 0.2) is 83.9 Å². The van der Waals surface area contributed by atoms with Crippen molar-refractivity contribution in [3.8, 4) is 12.3 Å². The lowest BCUT2D eigenvalue weighted by Gasteiger charge is -2.39. The lowest BCUT2D eigenvalue weighted by Crippen LogP contribution is -2.48. The van der Waals surface area contributed by atoms with Crippen LogP contribution in [0.25, 0.3) is 0 Å². The number of benzene rings is 3. The van der Waals surface area contributed by atoms with E-state index in [1.807, 2.05) is 0 Å². The van der Waals surface area contributed by atoms with Crippen molar-refractivity contribution in [1.82, 2.24) is 29.5 Å². The van der Waals surface area contributed by atoms with Crippen molar-refractivity contribution in [2.75, 3.05) is 39.3 Å². The smallest absolute Gasteiger partial charge is 0.284 e. The quantitative estimate of drug-likeness (QED) is 0.278. The summed E-state index contributed by atoms with van der Waals surface area (Å²) in [6.07, 6.45) is 7.05. The van der Waals surface area contributed by atoms with Gasteiger partial charge in [-0.05, 0) is 59.7 Å². The van der Waals surface area contributed by atoms with Gasteiger partial charge in [-0.15, -0.1) is 15.6 Å². The van der Waals surface area contributed by atoms with Crippen LogP contribution in [0.1, 0.15) is 33.2 Å². The van der Waals surface area contributed by atoms with Crippen molar-refractivity contribution in [3.05, 3.63) is 113 Å². The number of aromatic nitrogens is 3. The molecule has 1 fully saturated rings. The Balaban J connectivity index is 1.19. The first-order chi connectivity index (χ1) is 20.7. The molecule has 1 aromatic heterocycles. The van der Waals surface area contributed by atoms with E-state index in [4.69, 9.17) is 6.42 Å². The number of nitrogens with one attached hydrogen (secondary N) is 1. The molecule has 2 heterocycles. The fourth-order valence-corrected chi connectivity index (χ4v) is 6.14. The van der Waals surface area contributed by atoms with Crippen LogP contribution in [-0.4, -0.2) is 77.8 Å². The van der Waals surface area contributed by atoms with Crippen molar-refractivity contribution < 1.29 is 22.0 Å². The molecular weight excluding hydrogens is 574 g/mol. The summed E-state index contributed by atoms with van der Waals surface area (Å²) in [5.74, 6) is 1.29. The highest BCUT2D eigenvalue weighted by atomic mass is 32.2. The summed E-state index contributed by atoms with van der Waals surface area (Å²) in [5.41, 5.74) is 2.68. The molecular formula is C31H30F2N6O3S. The normalized spacial score (nSPS) is 14.5. The summed E-state index contributed by atoms with van der Waals surface area (Å²) in [5, 5.41) is 10.4. The molecule has 0 unspecified atom stereocenters. The molecule has 43 heavy (non-hydrogen) atoms. The van der Waals surface area contributed by atoms with Gasteiger partial charge in [0.25, 0.3) is 15.9 Å². The van der Waals surface area contributed by atoms with Gasteiger partial charge < -0.3 is 10.2 Å². The molecule has 12 heteroatoms. The Morgan fingerprint density at radius 3 is 2.05 bits per heavy atom. The van der Waals surface area contributed by atoms with Gasteiger partial charge in [-0.2, -0.15) is 8.42 Å². The second-order valence-electron chi connectivity index (χ2n) is 10.1. The number of hydrogen-bond acceptors (Lipinski definition) is 7. The highest BCUT2D eigenvalue weighted by Crippen LogP contribution is 2.30. The zero-order valence-corrected chi connectivity index (χ0v) is 24.1. The average molecular weight is 605 g/mol. The Kier molecular flexibility index (Phi) is 9.25. The molecule has 1 aliphatic heterocycles. The van der Waals surface area contributed by atoms with Crippen LogP contribution in [0, 0.1) is 24.0 Å². The Morgan fingerprint density at radius 1 is 0.907 bits per heavy atom. The van der Waals surface area contributed by atoms with Gasteiger partial charge in [0.05, 0.1) is 29.4 Å². The fourth-order valence-electron chi connectivity index (χ4n) is 5.05. The topological polar surface area (TPSA) is 100 Å².